The van der Waals surface area contributed by atoms with E-state index in [0.29, 0.717) is 23.1 Å². The molecule has 1 aromatic carbocycles. The number of benzene rings is 1. The summed E-state index contributed by atoms with van der Waals surface area (Å²) < 4.78 is 6.57. The molecule has 0 aliphatic rings. The van der Waals surface area contributed by atoms with E-state index in [4.69, 9.17) is 22.1 Å². The second kappa shape index (κ2) is 5.49. The van der Waals surface area contributed by atoms with Crippen LogP contribution in [0.1, 0.15) is 5.56 Å². The zero-order valence-electron chi connectivity index (χ0n) is 8.86. The van der Waals surface area contributed by atoms with Crippen LogP contribution in [0.15, 0.2) is 41.1 Å². The van der Waals surface area contributed by atoms with Gasteiger partial charge in [-0.25, -0.2) is 0 Å². The van der Waals surface area contributed by atoms with Crippen molar-refractivity contribution in [3.05, 3.63) is 51.7 Å². The molecule has 0 aliphatic carbocycles. The van der Waals surface area contributed by atoms with Gasteiger partial charge in [-0.05, 0) is 23.8 Å². The Labute approximate surface area is 113 Å². The summed E-state index contributed by atoms with van der Waals surface area (Å²) in [5.41, 5.74) is 6.59. The van der Waals surface area contributed by atoms with Crippen molar-refractivity contribution in [3.63, 3.8) is 0 Å². The van der Waals surface area contributed by atoms with Crippen LogP contribution in [-0.4, -0.2) is 4.98 Å². The molecule has 1 aromatic heterocycles. The molecule has 5 heteroatoms. The molecular weight excluding hydrogens is 304 g/mol. The third-order valence-electron chi connectivity index (χ3n) is 2.08. The summed E-state index contributed by atoms with van der Waals surface area (Å²) in [7, 11) is 0. The van der Waals surface area contributed by atoms with Gasteiger partial charge in [-0.2, -0.15) is 0 Å². The molecule has 3 nitrogen and oxygen atoms in total. The standard InChI is InChI=1S/C12H10BrClN2O/c13-9-1-8(5-15)2-11(3-9)17-12-4-10(14)6-16-7-12/h1-4,6-7H,5,15H2. The number of aromatic nitrogens is 1. The van der Waals surface area contributed by atoms with Crippen molar-refractivity contribution in [1.82, 2.24) is 4.98 Å². The normalized spacial score (nSPS) is 10.3. The molecular formula is C12H10BrClN2O. The third-order valence-corrected chi connectivity index (χ3v) is 2.75. The Morgan fingerprint density at radius 3 is 2.71 bits per heavy atom. The van der Waals surface area contributed by atoms with Crippen molar-refractivity contribution in [2.45, 2.75) is 6.54 Å². The van der Waals surface area contributed by atoms with Gasteiger partial charge in [-0.3, -0.25) is 4.98 Å². The maximum atomic E-state index is 5.83. The first-order chi connectivity index (χ1) is 8.17. The number of ether oxygens (including phenoxy) is 1. The molecule has 0 saturated heterocycles. The number of nitrogens with two attached hydrogens (primary N) is 1. The van der Waals surface area contributed by atoms with Gasteiger partial charge in [0.1, 0.15) is 11.5 Å². The predicted molar refractivity (Wildman–Crippen MR) is 71.4 cm³/mol. The highest BCUT2D eigenvalue weighted by molar-refractivity contribution is 9.10. The molecule has 0 amide bonds. The molecule has 2 N–H and O–H groups in total. The lowest BCUT2D eigenvalue weighted by molar-refractivity contribution is 0.479. The SMILES string of the molecule is NCc1cc(Br)cc(Oc2cncc(Cl)c2)c1. The molecule has 0 saturated carbocycles. The molecule has 0 unspecified atom stereocenters. The Bertz CT molecular complexity index is 534. The molecule has 0 bridgehead atoms. The quantitative estimate of drug-likeness (QED) is 0.939. The van der Waals surface area contributed by atoms with Gasteiger partial charge >= 0.3 is 0 Å². The van der Waals surface area contributed by atoms with Gasteiger partial charge in [0.25, 0.3) is 0 Å². The van der Waals surface area contributed by atoms with Gasteiger partial charge in [0.15, 0.2) is 0 Å². The number of nitrogens with zero attached hydrogens (tertiary/aromatic N) is 1. The lowest BCUT2D eigenvalue weighted by Gasteiger charge is -2.07. The third kappa shape index (κ3) is 3.43. The van der Waals surface area contributed by atoms with E-state index in [9.17, 15) is 0 Å². The number of rotatable bonds is 3. The smallest absolute Gasteiger partial charge is 0.147 e. The molecule has 2 aromatic rings. The fraction of sp³-hybridized carbons (Fsp3) is 0.0833. The Morgan fingerprint density at radius 1 is 1.18 bits per heavy atom. The highest BCUT2D eigenvalue weighted by Crippen LogP contribution is 2.27. The maximum Gasteiger partial charge on any atom is 0.147 e. The summed E-state index contributed by atoms with van der Waals surface area (Å²) in [5.74, 6) is 1.29. The van der Waals surface area contributed by atoms with E-state index >= 15 is 0 Å². The van der Waals surface area contributed by atoms with Crippen LogP contribution in [0.25, 0.3) is 0 Å². The van der Waals surface area contributed by atoms with Crippen molar-refractivity contribution < 1.29 is 4.74 Å². The van der Waals surface area contributed by atoms with Gasteiger partial charge in [0.05, 0.1) is 11.2 Å². The zero-order valence-corrected chi connectivity index (χ0v) is 11.2. The molecule has 88 valence electrons. The van der Waals surface area contributed by atoms with E-state index in [1.165, 1.54) is 0 Å². The minimum absolute atomic E-state index is 0.462. The number of hydrogen-bond acceptors (Lipinski definition) is 3. The van der Waals surface area contributed by atoms with Gasteiger partial charge in [0, 0.05) is 23.3 Å². The van der Waals surface area contributed by atoms with E-state index < -0.39 is 0 Å². The van der Waals surface area contributed by atoms with Crippen molar-refractivity contribution in [1.29, 1.82) is 0 Å². The molecule has 1 heterocycles. The van der Waals surface area contributed by atoms with Crippen LogP contribution in [0.2, 0.25) is 5.02 Å². The van der Waals surface area contributed by atoms with Crippen molar-refractivity contribution in [3.8, 4) is 11.5 Å². The van der Waals surface area contributed by atoms with Crippen molar-refractivity contribution >= 4 is 27.5 Å². The zero-order chi connectivity index (χ0) is 12.3. The Morgan fingerprint density at radius 2 is 2.00 bits per heavy atom. The Kier molecular flexibility index (Phi) is 3.99. The topological polar surface area (TPSA) is 48.1 Å². The van der Waals surface area contributed by atoms with Crippen LogP contribution in [0, 0.1) is 0 Å². The second-order valence-corrected chi connectivity index (χ2v) is 4.79. The Balaban J connectivity index is 2.26. The second-order valence-electron chi connectivity index (χ2n) is 3.44. The van der Waals surface area contributed by atoms with Crippen LogP contribution < -0.4 is 10.5 Å². The van der Waals surface area contributed by atoms with Gasteiger partial charge in [0.2, 0.25) is 0 Å². The summed E-state index contributed by atoms with van der Waals surface area (Å²) in [4.78, 5) is 3.95. The minimum Gasteiger partial charge on any atom is -0.456 e. The Hall–Kier alpha value is -1.10. The van der Waals surface area contributed by atoms with Crippen molar-refractivity contribution in [2.75, 3.05) is 0 Å². The summed E-state index contributed by atoms with van der Waals surface area (Å²) in [6.45, 7) is 0.462. The fourth-order valence-corrected chi connectivity index (χ4v) is 2.07. The van der Waals surface area contributed by atoms with Gasteiger partial charge in [-0.15, -0.1) is 0 Å². The monoisotopic (exact) mass is 312 g/mol. The van der Waals surface area contributed by atoms with E-state index in [-0.39, 0.29) is 0 Å². The van der Waals surface area contributed by atoms with E-state index in [1.807, 2.05) is 18.2 Å². The highest BCUT2D eigenvalue weighted by Gasteiger charge is 2.02. The first-order valence-electron chi connectivity index (χ1n) is 4.95. The summed E-state index contributed by atoms with van der Waals surface area (Å²) in [6, 6.07) is 7.40. The van der Waals surface area contributed by atoms with Crippen LogP contribution in [-0.2, 0) is 6.54 Å². The predicted octanol–water partition coefficient (Wildman–Crippen LogP) is 3.75. The number of halogens is 2. The average Bonchev–Trinajstić information content (AvgIpc) is 2.28. The van der Waals surface area contributed by atoms with Crippen LogP contribution in [0.3, 0.4) is 0 Å². The molecule has 0 atom stereocenters. The number of hydrogen-bond donors (Lipinski definition) is 1. The van der Waals surface area contributed by atoms with Crippen molar-refractivity contribution in [2.24, 2.45) is 5.73 Å². The largest absolute Gasteiger partial charge is 0.456 e. The van der Waals surface area contributed by atoms with Gasteiger partial charge in [-0.1, -0.05) is 27.5 Å². The van der Waals surface area contributed by atoms with Crippen LogP contribution >= 0.6 is 27.5 Å². The first kappa shape index (κ1) is 12.4. The maximum absolute atomic E-state index is 5.83. The highest BCUT2D eigenvalue weighted by atomic mass is 79.9. The van der Waals surface area contributed by atoms with E-state index in [2.05, 4.69) is 20.9 Å². The van der Waals surface area contributed by atoms with Gasteiger partial charge < -0.3 is 10.5 Å². The summed E-state index contributed by atoms with van der Waals surface area (Å²) >= 11 is 9.23. The lowest BCUT2D eigenvalue weighted by Crippen LogP contribution is -1.96. The first-order valence-corrected chi connectivity index (χ1v) is 6.12. The van der Waals surface area contributed by atoms with Crippen LogP contribution in [0.5, 0.6) is 11.5 Å². The molecule has 0 spiro atoms. The summed E-state index contributed by atoms with van der Waals surface area (Å²) in [6.07, 6.45) is 3.16. The van der Waals surface area contributed by atoms with Crippen LogP contribution in [0.4, 0.5) is 0 Å². The average molecular weight is 314 g/mol. The molecule has 2 rings (SSSR count). The fourth-order valence-electron chi connectivity index (χ4n) is 1.38. The molecule has 0 radical (unpaired) electrons. The summed E-state index contributed by atoms with van der Waals surface area (Å²) in [5, 5.41) is 0.538. The molecule has 17 heavy (non-hydrogen) atoms. The molecule has 0 aliphatic heterocycles. The number of pyridine rings is 1. The molecule has 0 fully saturated rings. The van der Waals surface area contributed by atoms with E-state index in [0.717, 1.165) is 10.0 Å². The van der Waals surface area contributed by atoms with E-state index in [1.54, 1.807) is 18.5 Å². The lowest BCUT2D eigenvalue weighted by atomic mass is 10.2. The minimum atomic E-state index is 0.462.